The lowest BCUT2D eigenvalue weighted by Gasteiger charge is -2.12. The van der Waals surface area contributed by atoms with Crippen LogP contribution in [0.5, 0.6) is 0 Å². The van der Waals surface area contributed by atoms with Crippen molar-refractivity contribution in [1.82, 2.24) is 5.32 Å². The monoisotopic (exact) mass is 258 g/mol. The summed E-state index contributed by atoms with van der Waals surface area (Å²) in [4.78, 5) is 23.8. The Hall–Kier alpha value is -1.68. The molecule has 2 heterocycles. The normalized spacial score (nSPS) is 22.5. The van der Waals surface area contributed by atoms with E-state index in [1.165, 1.54) is 0 Å². The number of carbonyl (C=O) groups excluding carboxylic acids is 2. The SMILES string of the molecule is O=C1CCCc2cc(C(=O)C3CCCN3)ccc2N1. The second-order valence-corrected chi connectivity index (χ2v) is 5.29. The van der Waals surface area contributed by atoms with Gasteiger partial charge in [-0.05, 0) is 56.0 Å². The highest BCUT2D eigenvalue weighted by Crippen LogP contribution is 2.24. The van der Waals surface area contributed by atoms with Crippen LogP contribution in [0.15, 0.2) is 18.2 Å². The van der Waals surface area contributed by atoms with Crippen LogP contribution in [0, 0.1) is 0 Å². The summed E-state index contributed by atoms with van der Waals surface area (Å²) in [6, 6.07) is 5.61. The molecule has 100 valence electrons. The molecule has 0 aromatic heterocycles. The van der Waals surface area contributed by atoms with Gasteiger partial charge in [-0.2, -0.15) is 0 Å². The van der Waals surface area contributed by atoms with E-state index in [1.807, 2.05) is 18.2 Å². The predicted molar refractivity (Wildman–Crippen MR) is 73.4 cm³/mol. The molecule has 1 aromatic carbocycles. The Morgan fingerprint density at radius 1 is 1.21 bits per heavy atom. The number of benzene rings is 1. The van der Waals surface area contributed by atoms with Gasteiger partial charge in [-0.15, -0.1) is 0 Å². The Balaban J connectivity index is 1.86. The van der Waals surface area contributed by atoms with Crippen LogP contribution < -0.4 is 10.6 Å². The number of hydrogen-bond donors (Lipinski definition) is 2. The third-order valence-corrected chi connectivity index (χ3v) is 3.89. The zero-order chi connectivity index (χ0) is 13.2. The van der Waals surface area contributed by atoms with Gasteiger partial charge < -0.3 is 10.6 Å². The maximum absolute atomic E-state index is 12.3. The van der Waals surface area contributed by atoms with Crippen molar-refractivity contribution < 1.29 is 9.59 Å². The van der Waals surface area contributed by atoms with Crippen molar-refractivity contribution in [2.75, 3.05) is 11.9 Å². The van der Waals surface area contributed by atoms with E-state index >= 15 is 0 Å². The summed E-state index contributed by atoms with van der Waals surface area (Å²) in [5.74, 6) is 0.242. The molecule has 3 rings (SSSR count). The Bertz CT molecular complexity index is 519. The van der Waals surface area contributed by atoms with Gasteiger partial charge in [0.25, 0.3) is 0 Å². The zero-order valence-electron chi connectivity index (χ0n) is 10.9. The Labute approximate surface area is 112 Å². The molecule has 1 unspecified atom stereocenters. The zero-order valence-corrected chi connectivity index (χ0v) is 10.9. The predicted octanol–water partition coefficient (Wildman–Crippen LogP) is 1.90. The lowest BCUT2D eigenvalue weighted by atomic mass is 9.98. The molecule has 0 saturated carbocycles. The summed E-state index contributed by atoms with van der Waals surface area (Å²) in [7, 11) is 0. The first-order valence-corrected chi connectivity index (χ1v) is 6.94. The van der Waals surface area contributed by atoms with E-state index in [0.717, 1.165) is 49.0 Å². The smallest absolute Gasteiger partial charge is 0.224 e. The van der Waals surface area contributed by atoms with Gasteiger partial charge in [-0.25, -0.2) is 0 Å². The van der Waals surface area contributed by atoms with Gasteiger partial charge in [-0.1, -0.05) is 0 Å². The second-order valence-electron chi connectivity index (χ2n) is 5.29. The first-order chi connectivity index (χ1) is 9.24. The van der Waals surface area contributed by atoms with Crippen molar-refractivity contribution in [1.29, 1.82) is 0 Å². The fourth-order valence-electron chi connectivity index (χ4n) is 2.84. The van der Waals surface area contributed by atoms with Crippen LogP contribution in [0.25, 0.3) is 0 Å². The molecule has 0 bridgehead atoms. The molecule has 0 aliphatic carbocycles. The number of rotatable bonds is 2. The number of hydrogen-bond acceptors (Lipinski definition) is 3. The van der Waals surface area contributed by atoms with Gasteiger partial charge in [0, 0.05) is 17.7 Å². The number of carbonyl (C=O) groups is 2. The molecule has 0 spiro atoms. The van der Waals surface area contributed by atoms with Crippen LogP contribution >= 0.6 is 0 Å². The molecule has 2 aliphatic rings. The molecule has 4 heteroatoms. The standard InChI is InChI=1S/C15H18N2O2/c18-14-5-1-3-10-9-11(6-7-12(10)17-14)15(19)13-4-2-8-16-13/h6-7,9,13,16H,1-5,8H2,(H,17,18). The fraction of sp³-hybridized carbons (Fsp3) is 0.467. The van der Waals surface area contributed by atoms with Gasteiger partial charge in [-0.3, -0.25) is 9.59 Å². The lowest BCUT2D eigenvalue weighted by molar-refractivity contribution is -0.116. The first-order valence-electron chi connectivity index (χ1n) is 6.94. The van der Waals surface area contributed by atoms with E-state index in [9.17, 15) is 9.59 Å². The highest BCUT2D eigenvalue weighted by Gasteiger charge is 2.24. The summed E-state index contributed by atoms with van der Waals surface area (Å²) in [6.45, 7) is 0.928. The Kier molecular flexibility index (Phi) is 3.34. The van der Waals surface area contributed by atoms with Crippen LogP contribution in [0.1, 0.15) is 41.6 Å². The number of anilines is 1. The first kappa shape index (κ1) is 12.4. The molecular formula is C15H18N2O2. The molecule has 0 radical (unpaired) electrons. The van der Waals surface area contributed by atoms with Crippen LogP contribution in [0.3, 0.4) is 0 Å². The van der Waals surface area contributed by atoms with Crippen LogP contribution in [0.2, 0.25) is 0 Å². The topological polar surface area (TPSA) is 58.2 Å². The number of Topliss-reactive ketones (excluding diaryl/α,β-unsaturated/α-hetero) is 1. The molecule has 2 N–H and O–H groups in total. The Morgan fingerprint density at radius 2 is 2.11 bits per heavy atom. The average Bonchev–Trinajstić information content (AvgIpc) is 2.87. The molecule has 1 amide bonds. The van der Waals surface area contributed by atoms with Crippen molar-refractivity contribution in [3.63, 3.8) is 0 Å². The lowest BCUT2D eigenvalue weighted by Crippen LogP contribution is -2.30. The van der Waals surface area contributed by atoms with E-state index in [2.05, 4.69) is 10.6 Å². The number of amides is 1. The second kappa shape index (κ2) is 5.13. The van der Waals surface area contributed by atoms with Gasteiger partial charge in [0.15, 0.2) is 5.78 Å². The summed E-state index contributed by atoms with van der Waals surface area (Å²) in [5, 5.41) is 6.13. The molecule has 1 fully saturated rings. The number of nitrogens with one attached hydrogen (secondary N) is 2. The van der Waals surface area contributed by atoms with Crippen molar-refractivity contribution in [2.45, 2.75) is 38.1 Å². The molecule has 1 saturated heterocycles. The number of fused-ring (bicyclic) bond motifs is 1. The quantitative estimate of drug-likeness (QED) is 0.796. The number of aryl methyl sites for hydroxylation is 1. The Morgan fingerprint density at radius 3 is 2.89 bits per heavy atom. The van der Waals surface area contributed by atoms with E-state index in [1.54, 1.807) is 0 Å². The highest BCUT2D eigenvalue weighted by molar-refractivity contribution is 6.01. The minimum absolute atomic E-state index is 0.0292. The van der Waals surface area contributed by atoms with Crippen molar-refractivity contribution in [2.24, 2.45) is 0 Å². The maximum atomic E-state index is 12.3. The van der Waals surface area contributed by atoms with Crippen LogP contribution in [-0.2, 0) is 11.2 Å². The average molecular weight is 258 g/mol. The van der Waals surface area contributed by atoms with E-state index in [4.69, 9.17) is 0 Å². The molecule has 4 nitrogen and oxygen atoms in total. The molecule has 1 atom stereocenters. The molecular weight excluding hydrogens is 240 g/mol. The van der Waals surface area contributed by atoms with Gasteiger partial charge >= 0.3 is 0 Å². The van der Waals surface area contributed by atoms with Crippen LogP contribution in [-0.4, -0.2) is 24.3 Å². The molecule has 2 aliphatic heterocycles. The van der Waals surface area contributed by atoms with E-state index in [0.29, 0.717) is 6.42 Å². The summed E-state index contributed by atoms with van der Waals surface area (Å²) < 4.78 is 0. The summed E-state index contributed by atoms with van der Waals surface area (Å²) in [5.41, 5.74) is 2.70. The maximum Gasteiger partial charge on any atom is 0.224 e. The third-order valence-electron chi connectivity index (χ3n) is 3.89. The molecule has 19 heavy (non-hydrogen) atoms. The molecule has 1 aromatic rings. The minimum Gasteiger partial charge on any atom is -0.326 e. The van der Waals surface area contributed by atoms with Gasteiger partial charge in [0.2, 0.25) is 5.91 Å². The fourth-order valence-corrected chi connectivity index (χ4v) is 2.84. The third kappa shape index (κ3) is 2.54. The summed E-state index contributed by atoms with van der Waals surface area (Å²) >= 11 is 0. The van der Waals surface area contributed by atoms with Crippen molar-refractivity contribution in [3.05, 3.63) is 29.3 Å². The van der Waals surface area contributed by atoms with Crippen LogP contribution in [0.4, 0.5) is 5.69 Å². The van der Waals surface area contributed by atoms with Crippen molar-refractivity contribution in [3.8, 4) is 0 Å². The van der Waals surface area contributed by atoms with Gasteiger partial charge in [0.05, 0.1) is 6.04 Å². The summed E-state index contributed by atoms with van der Waals surface area (Å²) in [6.07, 6.45) is 4.25. The van der Waals surface area contributed by atoms with E-state index < -0.39 is 0 Å². The van der Waals surface area contributed by atoms with Crippen molar-refractivity contribution >= 4 is 17.4 Å². The number of ketones is 1. The minimum atomic E-state index is -0.0292. The highest BCUT2D eigenvalue weighted by atomic mass is 16.1. The van der Waals surface area contributed by atoms with E-state index in [-0.39, 0.29) is 17.7 Å². The van der Waals surface area contributed by atoms with Gasteiger partial charge in [0.1, 0.15) is 0 Å². The largest absolute Gasteiger partial charge is 0.326 e.